The first-order chi connectivity index (χ1) is 12.0. The Morgan fingerprint density at radius 2 is 1.92 bits per heavy atom. The van der Waals surface area contributed by atoms with Gasteiger partial charge < -0.3 is 14.0 Å². The van der Waals surface area contributed by atoms with Crippen molar-refractivity contribution in [2.24, 2.45) is 0 Å². The SMILES string of the molecule is CC1(C)CO[C@H](c2ccccc2)CN1C(=O)c1cn2ccccc2n1. The lowest BCUT2D eigenvalue weighted by molar-refractivity contribution is -0.0848. The van der Waals surface area contributed by atoms with E-state index in [2.05, 4.69) is 4.98 Å². The fraction of sp³-hybridized carbons (Fsp3) is 0.300. The zero-order valence-corrected chi connectivity index (χ0v) is 14.4. The van der Waals surface area contributed by atoms with Gasteiger partial charge in [0.1, 0.15) is 17.4 Å². The number of carbonyl (C=O) groups excluding carboxylic acids is 1. The van der Waals surface area contributed by atoms with E-state index in [1.807, 2.05) is 77.9 Å². The topological polar surface area (TPSA) is 46.8 Å². The zero-order valence-electron chi connectivity index (χ0n) is 14.4. The van der Waals surface area contributed by atoms with Crippen LogP contribution in [0.25, 0.3) is 5.65 Å². The molecule has 1 fully saturated rings. The lowest BCUT2D eigenvalue weighted by Crippen LogP contribution is -2.56. The minimum atomic E-state index is -0.377. The minimum absolute atomic E-state index is 0.0575. The van der Waals surface area contributed by atoms with Gasteiger partial charge in [-0.2, -0.15) is 0 Å². The smallest absolute Gasteiger partial charge is 0.274 e. The van der Waals surface area contributed by atoms with E-state index < -0.39 is 0 Å². The van der Waals surface area contributed by atoms with E-state index >= 15 is 0 Å². The van der Waals surface area contributed by atoms with Crippen LogP contribution in [0.1, 0.15) is 36.0 Å². The molecular formula is C20H21N3O2. The van der Waals surface area contributed by atoms with E-state index in [9.17, 15) is 4.79 Å². The van der Waals surface area contributed by atoms with Gasteiger partial charge in [0, 0.05) is 12.4 Å². The van der Waals surface area contributed by atoms with Gasteiger partial charge >= 0.3 is 0 Å². The van der Waals surface area contributed by atoms with Crippen LogP contribution in [0.15, 0.2) is 60.9 Å². The second-order valence-electron chi connectivity index (χ2n) is 7.03. The molecule has 1 amide bonds. The largest absolute Gasteiger partial charge is 0.369 e. The lowest BCUT2D eigenvalue weighted by Gasteiger charge is -2.45. The van der Waals surface area contributed by atoms with Crippen molar-refractivity contribution in [1.82, 2.24) is 14.3 Å². The maximum absolute atomic E-state index is 13.2. The monoisotopic (exact) mass is 335 g/mol. The Hall–Kier alpha value is -2.66. The Bertz CT molecular complexity index is 868. The van der Waals surface area contributed by atoms with Gasteiger partial charge in [-0.15, -0.1) is 0 Å². The van der Waals surface area contributed by atoms with Gasteiger partial charge in [0.05, 0.1) is 18.7 Å². The van der Waals surface area contributed by atoms with E-state index in [1.54, 1.807) is 6.20 Å². The third-order valence-corrected chi connectivity index (χ3v) is 4.72. The predicted octanol–water partition coefficient (Wildman–Crippen LogP) is 3.33. The average Bonchev–Trinajstić information content (AvgIpc) is 3.06. The van der Waals surface area contributed by atoms with E-state index in [0.29, 0.717) is 18.8 Å². The molecular weight excluding hydrogens is 314 g/mol. The quantitative estimate of drug-likeness (QED) is 0.722. The molecule has 5 heteroatoms. The minimum Gasteiger partial charge on any atom is -0.369 e. The fourth-order valence-electron chi connectivity index (χ4n) is 3.25. The van der Waals surface area contributed by atoms with Crippen LogP contribution in [0.4, 0.5) is 0 Å². The summed E-state index contributed by atoms with van der Waals surface area (Å²) >= 11 is 0. The normalized spacial score (nSPS) is 19.9. The molecule has 1 aliphatic heterocycles. The summed E-state index contributed by atoms with van der Waals surface area (Å²) in [4.78, 5) is 19.5. The molecule has 1 atom stereocenters. The molecule has 0 bridgehead atoms. The summed E-state index contributed by atoms with van der Waals surface area (Å²) in [7, 11) is 0. The number of fused-ring (bicyclic) bond motifs is 1. The number of pyridine rings is 1. The molecule has 1 saturated heterocycles. The molecule has 5 nitrogen and oxygen atoms in total. The summed E-state index contributed by atoms with van der Waals surface area (Å²) in [5.74, 6) is -0.0575. The van der Waals surface area contributed by atoms with Crippen LogP contribution < -0.4 is 0 Å². The summed E-state index contributed by atoms with van der Waals surface area (Å²) in [5, 5.41) is 0. The summed E-state index contributed by atoms with van der Waals surface area (Å²) in [5.41, 5.74) is 1.95. The van der Waals surface area contributed by atoms with Crippen LogP contribution in [0.3, 0.4) is 0 Å². The Kier molecular flexibility index (Phi) is 3.81. The summed E-state index contributed by atoms with van der Waals surface area (Å²) in [6, 6.07) is 15.8. The summed E-state index contributed by atoms with van der Waals surface area (Å²) in [6.45, 7) is 5.07. The first kappa shape index (κ1) is 15.8. The van der Waals surface area contributed by atoms with Crippen molar-refractivity contribution in [3.8, 4) is 0 Å². The number of morpholine rings is 1. The van der Waals surface area contributed by atoms with Crippen LogP contribution in [-0.2, 0) is 4.74 Å². The second kappa shape index (κ2) is 6.01. The molecule has 0 aliphatic carbocycles. The standard InChI is InChI=1S/C20H21N3O2/c1-20(2)14-25-17(15-8-4-3-5-9-15)13-23(20)19(24)16-12-22-11-7-6-10-18(22)21-16/h3-12,17H,13-14H2,1-2H3/t17-/m0/s1. The van der Waals surface area contributed by atoms with Gasteiger partial charge in [-0.25, -0.2) is 4.98 Å². The number of rotatable bonds is 2. The van der Waals surface area contributed by atoms with E-state index in [1.165, 1.54) is 0 Å². The number of benzene rings is 1. The molecule has 128 valence electrons. The maximum atomic E-state index is 13.2. The average molecular weight is 335 g/mol. The van der Waals surface area contributed by atoms with Gasteiger partial charge in [-0.1, -0.05) is 36.4 Å². The molecule has 2 aromatic heterocycles. The fourth-order valence-corrected chi connectivity index (χ4v) is 3.25. The number of imidazole rings is 1. The zero-order chi connectivity index (χ0) is 17.4. The number of ether oxygens (including phenoxy) is 1. The maximum Gasteiger partial charge on any atom is 0.274 e. The molecule has 0 spiro atoms. The molecule has 1 aliphatic rings. The number of aromatic nitrogens is 2. The van der Waals surface area contributed by atoms with Gasteiger partial charge in [0.2, 0.25) is 0 Å². The molecule has 1 aromatic carbocycles. The van der Waals surface area contributed by atoms with Gasteiger partial charge in [-0.3, -0.25) is 4.79 Å². The van der Waals surface area contributed by atoms with Gasteiger partial charge in [0.15, 0.2) is 0 Å². The highest BCUT2D eigenvalue weighted by molar-refractivity contribution is 5.93. The highest BCUT2D eigenvalue weighted by atomic mass is 16.5. The van der Waals surface area contributed by atoms with Crippen LogP contribution >= 0.6 is 0 Å². The Labute approximate surface area is 146 Å². The van der Waals surface area contributed by atoms with Gasteiger partial charge in [-0.05, 0) is 31.5 Å². The highest BCUT2D eigenvalue weighted by Crippen LogP contribution is 2.31. The van der Waals surface area contributed by atoms with Crippen molar-refractivity contribution in [3.05, 3.63) is 72.2 Å². The van der Waals surface area contributed by atoms with Crippen LogP contribution in [0.5, 0.6) is 0 Å². The first-order valence-corrected chi connectivity index (χ1v) is 8.47. The van der Waals surface area contributed by atoms with Crippen molar-refractivity contribution in [3.63, 3.8) is 0 Å². The van der Waals surface area contributed by atoms with E-state index in [4.69, 9.17) is 4.74 Å². The molecule has 0 saturated carbocycles. The molecule has 4 rings (SSSR count). The Balaban J connectivity index is 1.64. The van der Waals surface area contributed by atoms with Crippen molar-refractivity contribution < 1.29 is 9.53 Å². The molecule has 3 heterocycles. The number of hydrogen-bond donors (Lipinski definition) is 0. The van der Waals surface area contributed by atoms with Crippen molar-refractivity contribution in [2.45, 2.75) is 25.5 Å². The predicted molar refractivity (Wildman–Crippen MR) is 95.4 cm³/mol. The second-order valence-corrected chi connectivity index (χ2v) is 7.03. The third-order valence-electron chi connectivity index (χ3n) is 4.72. The van der Waals surface area contributed by atoms with Crippen molar-refractivity contribution in [2.75, 3.05) is 13.2 Å². The van der Waals surface area contributed by atoms with Gasteiger partial charge in [0.25, 0.3) is 5.91 Å². The molecule has 3 aromatic rings. The van der Waals surface area contributed by atoms with E-state index in [-0.39, 0.29) is 17.6 Å². The van der Waals surface area contributed by atoms with Crippen LogP contribution in [0, 0.1) is 0 Å². The van der Waals surface area contributed by atoms with Crippen LogP contribution in [-0.4, -0.2) is 38.9 Å². The summed E-state index contributed by atoms with van der Waals surface area (Å²) < 4.78 is 7.91. The van der Waals surface area contributed by atoms with Crippen LogP contribution in [0.2, 0.25) is 0 Å². The molecule has 0 N–H and O–H groups in total. The molecule has 0 radical (unpaired) electrons. The Morgan fingerprint density at radius 1 is 1.16 bits per heavy atom. The van der Waals surface area contributed by atoms with Crippen molar-refractivity contribution >= 4 is 11.6 Å². The summed E-state index contributed by atoms with van der Waals surface area (Å²) in [6.07, 6.45) is 3.58. The number of carbonyl (C=O) groups is 1. The van der Waals surface area contributed by atoms with E-state index in [0.717, 1.165) is 11.2 Å². The highest BCUT2D eigenvalue weighted by Gasteiger charge is 2.39. The number of amides is 1. The van der Waals surface area contributed by atoms with Crippen molar-refractivity contribution in [1.29, 1.82) is 0 Å². The number of nitrogens with zero attached hydrogens (tertiary/aromatic N) is 3. The number of hydrogen-bond acceptors (Lipinski definition) is 3. The Morgan fingerprint density at radius 3 is 2.68 bits per heavy atom. The molecule has 25 heavy (non-hydrogen) atoms. The first-order valence-electron chi connectivity index (χ1n) is 8.47. The third kappa shape index (κ3) is 2.91. The molecule has 0 unspecified atom stereocenters. The lowest BCUT2D eigenvalue weighted by atomic mass is 9.97.